The Kier molecular flexibility index (Phi) is 3.28. The zero-order chi connectivity index (χ0) is 11.6. The number of nitrogens with two attached hydrogens (primary N) is 1. The van der Waals surface area contributed by atoms with Crippen molar-refractivity contribution in [2.45, 2.75) is 25.5 Å². The molecule has 0 spiro atoms. The van der Waals surface area contributed by atoms with E-state index in [-0.39, 0.29) is 17.5 Å². The SMILES string of the molecule is CC(C)c1cc(N)nc(CS(C)(=O)=O)n1. The van der Waals surface area contributed by atoms with E-state index in [2.05, 4.69) is 9.97 Å². The number of aromatic nitrogens is 2. The van der Waals surface area contributed by atoms with Crippen molar-refractivity contribution >= 4 is 15.7 Å². The van der Waals surface area contributed by atoms with Crippen LogP contribution in [0.25, 0.3) is 0 Å². The lowest BCUT2D eigenvalue weighted by atomic mass is 10.1. The van der Waals surface area contributed by atoms with Gasteiger partial charge in [0.1, 0.15) is 17.4 Å². The minimum absolute atomic E-state index is 0.169. The molecule has 0 saturated heterocycles. The minimum atomic E-state index is -3.12. The van der Waals surface area contributed by atoms with Crippen LogP contribution in [0.4, 0.5) is 5.82 Å². The lowest BCUT2D eigenvalue weighted by molar-refractivity contribution is 0.599. The Morgan fingerprint density at radius 2 is 2.00 bits per heavy atom. The first-order valence-electron chi connectivity index (χ1n) is 4.59. The Bertz CT molecular complexity index is 454. The van der Waals surface area contributed by atoms with Crippen LogP contribution in [-0.4, -0.2) is 24.6 Å². The number of anilines is 1. The van der Waals surface area contributed by atoms with Gasteiger partial charge in [0.15, 0.2) is 9.84 Å². The van der Waals surface area contributed by atoms with Crippen LogP contribution in [0.15, 0.2) is 6.07 Å². The van der Waals surface area contributed by atoms with Crippen LogP contribution in [0.3, 0.4) is 0 Å². The van der Waals surface area contributed by atoms with Crippen LogP contribution < -0.4 is 5.73 Å². The van der Waals surface area contributed by atoms with Gasteiger partial charge in [-0.2, -0.15) is 0 Å². The van der Waals surface area contributed by atoms with Crippen LogP contribution >= 0.6 is 0 Å². The van der Waals surface area contributed by atoms with E-state index in [4.69, 9.17) is 5.73 Å². The highest BCUT2D eigenvalue weighted by atomic mass is 32.2. The quantitative estimate of drug-likeness (QED) is 0.825. The molecule has 2 N–H and O–H groups in total. The minimum Gasteiger partial charge on any atom is -0.384 e. The van der Waals surface area contributed by atoms with E-state index in [1.165, 1.54) is 0 Å². The van der Waals surface area contributed by atoms with Gasteiger partial charge in [0.25, 0.3) is 0 Å². The van der Waals surface area contributed by atoms with Crippen LogP contribution in [0.5, 0.6) is 0 Å². The molecule has 0 saturated carbocycles. The van der Waals surface area contributed by atoms with Crippen molar-refractivity contribution in [3.8, 4) is 0 Å². The van der Waals surface area contributed by atoms with Crippen molar-refractivity contribution in [3.05, 3.63) is 17.6 Å². The first-order valence-corrected chi connectivity index (χ1v) is 6.65. The van der Waals surface area contributed by atoms with E-state index < -0.39 is 9.84 Å². The fourth-order valence-electron chi connectivity index (χ4n) is 1.13. The van der Waals surface area contributed by atoms with E-state index in [0.29, 0.717) is 5.82 Å². The van der Waals surface area contributed by atoms with Gasteiger partial charge in [-0.3, -0.25) is 0 Å². The molecule has 6 heteroatoms. The van der Waals surface area contributed by atoms with Crippen molar-refractivity contribution in [2.24, 2.45) is 0 Å². The molecule has 0 radical (unpaired) electrons. The van der Waals surface area contributed by atoms with E-state index in [1.807, 2.05) is 13.8 Å². The van der Waals surface area contributed by atoms with Crippen LogP contribution in [-0.2, 0) is 15.6 Å². The van der Waals surface area contributed by atoms with Gasteiger partial charge in [0.2, 0.25) is 0 Å². The molecule has 0 aromatic carbocycles. The third-order valence-electron chi connectivity index (χ3n) is 1.79. The van der Waals surface area contributed by atoms with Crippen LogP contribution in [0.2, 0.25) is 0 Å². The van der Waals surface area contributed by atoms with Crippen molar-refractivity contribution in [2.75, 3.05) is 12.0 Å². The molecule has 84 valence electrons. The van der Waals surface area contributed by atoms with Gasteiger partial charge >= 0.3 is 0 Å². The lowest BCUT2D eigenvalue weighted by Gasteiger charge is -2.07. The summed E-state index contributed by atoms with van der Waals surface area (Å²) in [5.74, 6) is 0.611. The zero-order valence-corrected chi connectivity index (χ0v) is 9.87. The van der Waals surface area contributed by atoms with E-state index >= 15 is 0 Å². The summed E-state index contributed by atoms with van der Waals surface area (Å²) in [7, 11) is -3.12. The molecule has 0 unspecified atom stereocenters. The Hall–Kier alpha value is -1.17. The highest BCUT2D eigenvalue weighted by Gasteiger charge is 2.11. The second-order valence-corrected chi connectivity index (χ2v) is 6.00. The summed E-state index contributed by atoms with van der Waals surface area (Å²) in [6, 6.07) is 1.66. The standard InChI is InChI=1S/C9H15N3O2S/c1-6(2)7-4-8(10)12-9(11-7)5-15(3,13)14/h4,6H,5H2,1-3H3,(H2,10,11,12). The molecule has 0 aliphatic rings. The number of rotatable bonds is 3. The smallest absolute Gasteiger partial charge is 0.154 e. The molecule has 0 fully saturated rings. The molecule has 0 atom stereocenters. The van der Waals surface area contributed by atoms with Gasteiger partial charge in [-0.15, -0.1) is 0 Å². The second-order valence-electron chi connectivity index (χ2n) is 3.86. The molecular weight excluding hydrogens is 214 g/mol. The maximum absolute atomic E-state index is 11.1. The second kappa shape index (κ2) is 4.14. The summed E-state index contributed by atoms with van der Waals surface area (Å²) >= 11 is 0. The average Bonchev–Trinajstić information content (AvgIpc) is 1.99. The molecule has 5 nitrogen and oxygen atoms in total. The zero-order valence-electron chi connectivity index (χ0n) is 9.06. The summed E-state index contributed by atoms with van der Waals surface area (Å²) in [5, 5.41) is 0. The number of nitrogens with zero attached hydrogens (tertiary/aromatic N) is 2. The van der Waals surface area contributed by atoms with Crippen molar-refractivity contribution in [1.82, 2.24) is 9.97 Å². The predicted molar refractivity (Wildman–Crippen MR) is 59.1 cm³/mol. The molecule has 1 aromatic heterocycles. The molecule has 0 aliphatic carbocycles. The summed E-state index contributed by atoms with van der Waals surface area (Å²) in [4.78, 5) is 8.04. The number of hydrogen-bond donors (Lipinski definition) is 1. The fourth-order valence-corrected chi connectivity index (χ4v) is 1.73. The highest BCUT2D eigenvalue weighted by molar-refractivity contribution is 7.89. The van der Waals surface area contributed by atoms with Crippen LogP contribution in [0.1, 0.15) is 31.3 Å². The predicted octanol–water partition coefficient (Wildman–Crippen LogP) is 0.727. The molecule has 15 heavy (non-hydrogen) atoms. The summed E-state index contributed by atoms with van der Waals surface area (Å²) in [5.41, 5.74) is 6.34. The molecule has 1 aromatic rings. The van der Waals surface area contributed by atoms with E-state index in [9.17, 15) is 8.42 Å². The molecule has 1 rings (SSSR count). The van der Waals surface area contributed by atoms with Gasteiger partial charge in [0, 0.05) is 18.0 Å². The Balaban J connectivity index is 3.10. The van der Waals surface area contributed by atoms with Crippen molar-refractivity contribution in [1.29, 1.82) is 0 Å². The average molecular weight is 229 g/mol. The topological polar surface area (TPSA) is 85.9 Å². The normalized spacial score (nSPS) is 12.0. The van der Waals surface area contributed by atoms with Crippen LogP contribution in [0, 0.1) is 0 Å². The highest BCUT2D eigenvalue weighted by Crippen LogP contribution is 2.14. The Morgan fingerprint density at radius 3 is 2.47 bits per heavy atom. The first kappa shape index (κ1) is 11.9. The van der Waals surface area contributed by atoms with Gasteiger partial charge in [-0.05, 0) is 5.92 Å². The number of hydrogen-bond acceptors (Lipinski definition) is 5. The third kappa shape index (κ3) is 3.83. The molecule has 1 heterocycles. The van der Waals surface area contributed by atoms with Gasteiger partial charge in [0.05, 0.1) is 0 Å². The van der Waals surface area contributed by atoms with Crippen molar-refractivity contribution < 1.29 is 8.42 Å². The maximum atomic E-state index is 11.1. The Labute approximate surface area is 89.7 Å². The summed E-state index contributed by atoms with van der Waals surface area (Å²) < 4.78 is 22.1. The van der Waals surface area contributed by atoms with E-state index in [1.54, 1.807) is 6.07 Å². The summed E-state index contributed by atoms with van der Waals surface area (Å²) in [6.07, 6.45) is 1.15. The van der Waals surface area contributed by atoms with Gasteiger partial charge in [-0.25, -0.2) is 18.4 Å². The largest absolute Gasteiger partial charge is 0.384 e. The molecule has 0 amide bonds. The monoisotopic (exact) mass is 229 g/mol. The van der Waals surface area contributed by atoms with Gasteiger partial charge in [-0.1, -0.05) is 13.8 Å². The molecular formula is C9H15N3O2S. The van der Waals surface area contributed by atoms with E-state index in [0.717, 1.165) is 11.9 Å². The number of nitrogen functional groups attached to an aromatic ring is 1. The number of sulfone groups is 1. The van der Waals surface area contributed by atoms with Gasteiger partial charge < -0.3 is 5.73 Å². The molecule has 0 bridgehead atoms. The lowest BCUT2D eigenvalue weighted by Crippen LogP contribution is -2.09. The van der Waals surface area contributed by atoms with Crippen molar-refractivity contribution in [3.63, 3.8) is 0 Å². The first-order chi connectivity index (χ1) is 6.78. The summed E-state index contributed by atoms with van der Waals surface area (Å²) in [6.45, 7) is 3.93. The fraction of sp³-hybridized carbons (Fsp3) is 0.556. The maximum Gasteiger partial charge on any atom is 0.154 e. The Morgan fingerprint density at radius 1 is 1.40 bits per heavy atom. The third-order valence-corrected chi connectivity index (χ3v) is 2.58. The molecule has 0 aliphatic heterocycles.